The van der Waals surface area contributed by atoms with E-state index in [1.165, 1.54) is 13.8 Å². The van der Waals surface area contributed by atoms with Gasteiger partial charge in [0.25, 0.3) is 0 Å². The highest BCUT2D eigenvalue weighted by molar-refractivity contribution is 5.95. The number of carbonyl (C=O) groups is 6. The van der Waals surface area contributed by atoms with Crippen molar-refractivity contribution in [1.29, 1.82) is 0 Å². The van der Waals surface area contributed by atoms with Crippen molar-refractivity contribution in [3.8, 4) is 0 Å². The van der Waals surface area contributed by atoms with Gasteiger partial charge in [0.2, 0.25) is 29.5 Å². The standard InChI is InChI=1S/C26H50N10O8/c1-14(27)21(39)32-17(9-7-12-31-26(29)30)23(41)35-20(15(2)37)24(42)33-16(8-5-6-13-36(3)4)22(40)34-18(25(43)44)10-11-19(28)38/h14-18,20,37H,5-13,27H2,1-4H3,(H2,28,38)(H,32,39)(H,33,42)(H,34,40)(H,35,41)(H,43,44)(H4,29,30,31)/t14-,15+,16-,17-,18-,20-/m0/s1. The molecule has 0 radical (unpaired) electrons. The number of carboxylic acids is 1. The summed E-state index contributed by atoms with van der Waals surface area (Å²) < 4.78 is 0. The summed E-state index contributed by atoms with van der Waals surface area (Å²) in [6.07, 6.45) is -0.445. The van der Waals surface area contributed by atoms with Gasteiger partial charge in [0.1, 0.15) is 24.2 Å². The van der Waals surface area contributed by atoms with Crippen LogP contribution >= 0.6 is 0 Å². The summed E-state index contributed by atoms with van der Waals surface area (Å²) in [6, 6.07) is -6.35. The molecule has 0 rings (SSSR count). The summed E-state index contributed by atoms with van der Waals surface area (Å²) in [5.74, 6) is -5.51. The van der Waals surface area contributed by atoms with Crippen LogP contribution in [0.25, 0.3) is 0 Å². The quantitative estimate of drug-likeness (QED) is 0.0309. The van der Waals surface area contributed by atoms with Gasteiger partial charge >= 0.3 is 5.97 Å². The molecule has 14 N–H and O–H groups in total. The van der Waals surface area contributed by atoms with Gasteiger partial charge in [-0.15, -0.1) is 0 Å². The molecule has 0 aromatic heterocycles. The molecule has 0 aliphatic heterocycles. The van der Waals surface area contributed by atoms with Gasteiger partial charge in [-0.2, -0.15) is 0 Å². The fraction of sp³-hybridized carbons (Fsp3) is 0.731. The molecule has 0 aliphatic carbocycles. The van der Waals surface area contributed by atoms with Crippen molar-refractivity contribution in [2.75, 3.05) is 27.2 Å². The molecule has 44 heavy (non-hydrogen) atoms. The lowest BCUT2D eigenvalue weighted by Gasteiger charge is -2.27. The van der Waals surface area contributed by atoms with Crippen LogP contribution in [0, 0.1) is 0 Å². The molecule has 0 bridgehead atoms. The fourth-order valence-electron chi connectivity index (χ4n) is 3.86. The maximum absolute atomic E-state index is 13.3. The number of rotatable bonds is 22. The highest BCUT2D eigenvalue weighted by Crippen LogP contribution is 2.07. The lowest BCUT2D eigenvalue weighted by Crippen LogP contribution is -2.60. The van der Waals surface area contributed by atoms with Crippen LogP contribution in [0.1, 0.15) is 58.8 Å². The topological polar surface area (TPSA) is 311 Å². The molecule has 0 spiro atoms. The molecule has 252 valence electrons. The lowest BCUT2D eigenvalue weighted by molar-refractivity contribution is -0.142. The molecule has 18 heteroatoms. The van der Waals surface area contributed by atoms with E-state index >= 15 is 0 Å². The Labute approximate surface area is 257 Å². The third-order valence-corrected chi connectivity index (χ3v) is 6.33. The number of aliphatic hydroxyl groups is 1. The van der Waals surface area contributed by atoms with E-state index in [1.54, 1.807) is 0 Å². The summed E-state index contributed by atoms with van der Waals surface area (Å²) in [7, 11) is 3.73. The first-order chi connectivity index (χ1) is 20.5. The van der Waals surface area contributed by atoms with Crippen LogP contribution in [0.4, 0.5) is 0 Å². The summed E-state index contributed by atoms with van der Waals surface area (Å²) >= 11 is 0. The minimum Gasteiger partial charge on any atom is -0.480 e. The van der Waals surface area contributed by atoms with E-state index in [1.807, 2.05) is 19.0 Å². The molecule has 0 heterocycles. The maximum atomic E-state index is 13.3. The molecule has 0 saturated heterocycles. The number of carboxylic acid groups (broad SMARTS) is 1. The van der Waals surface area contributed by atoms with Crippen molar-refractivity contribution in [3.63, 3.8) is 0 Å². The molecule has 0 aromatic carbocycles. The number of primary amides is 1. The number of carbonyl (C=O) groups excluding carboxylic acids is 5. The number of nitrogens with one attached hydrogen (secondary N) is 4. The van der Waals surface area contributed by atoms with Gasteiger partial charge in [-0.25, -0.2) is 4.79 Å². The average molecular weight is 631 g/mol. The van der Waals surface area contributed by atoms with Crippen LogP contribution in [0.15, 0.2) is 4.99 Å². The normalized spacial score (nSPS) is 15.1. The van der Waals surface area contributed by atoms with E-state index in [0.29, 0.717) is 19.4 Å². The zero-order valence-corrected chi connectivity index (χ0v) is 25.9. The minimum atomic E-state index is -1.56. The van der Waals surface area contributed by atoms with E-state index in [0.717, 1.165) is 0 Å². The lowest BCUT2D eigenvalue weighted by atomic mass is 10.0. The Morgan fingerprint density at radius 1 is 0.750 bits per heavy atom. The molecule has 5 amide bonds. The molecule has 0 fully saturated rings. The number of nitrogens with two attached hydrogens (primary N) is 4. The van der Waals surface area contributed by atoms with E-state index in [-0.39, 0.29) is 44.6 Å². The number of aliphatic imine (C=N–C) groups is 1. The summed E-state index contributed by atoms with van der Waals surface area (Å²) in [4.78, 5) is 80.4. The number of guanidine groups is 1. The Morgan fingerprint density at radius 3 is 1.75 bits per heavy atom. The largest absolute Gasteiger partial charge is 0.480 e. The van der Waals surface area contributed by atoms with Gasteiger partial charge in [0, 0.05) is 13.0 Å². The van der Waals surface area contributed by atoms with E-state index < -0.39 is 71.8 Å². The Bertz CT molecular complexity index is 1000. The van der Waals surface area contributed by atoms with Crippen molar-refractivity contribution in [2.24, 2.45) is 27.9 Å². The highest BCUT2D eigenvalue weighted by atomic mass is 16.4. The summed E-state index contributed by atoms with van der Waals surface area (Å²) in [5, 5.41) is 29.5. The number of nitrogens with zero attached hydrogens (tertiary/aromatic N) is 2. The molecule has 0 aliphatic rings. The number of amides is 5. The van der Waals surface area contributed by atoms with Crippen molar-refractivity contribution >= 4 is 41.5 Å². The molecular formula is C26H50N10O8. The van der Waals surface area contributed by atoms with Gasteiger partial charge < -0.3 is 59.3 Å². The smallest absolute Gasteiger partial charge is 0.326 e. The van der Waals surface area contributed by atoms with Gasteiger partial charge in [0.05, 0.1) is 12.1 Å². The van der Waals surface area contributed by atoms with Crippen LogP contribution in [0.2, 0.25) is 0 Å². The monoisotopic (exact) mass is 630 g/mol. The Morgan fingerprint density at radius 2 is 1.27 bits per heavy atom. The SMILES string of the molecule is C[C@H](N)C(=O)N[C@@H](CCCN=C(N)N)C(=O)N[C@H](C(=O)N[C@@H](CCCCN(C)C)C(=O)N[C@@H](CCC(N)=O)C(=O)O)[C@@H](C)O. The van der Waals surface area contributed by atoms with Crippen molar-refractivity contribution in [1.82, 2.24) is 26.2 Å². The van der Waals surface area contributed by atoms with Crippen LogP contribution in [0.5, 0.6) is 0 Å². The van der Waals surface area contributed by atoms with Crippen molar-refractivity contribution in [3.05, 3.63) is 0 Å². The number of unbranched alkanes of at least 4 members (excludes halogenated alkanes) is 1. The van der Waals surface area contributed by atoms with Gasteiger partial charge in [-0.3, -0.25) is 29.0 Å². The summed E-state index contributed by atoms with van der Waals surface area (Å²) in [6.45, 7) is 3.50. The first-order valence-electron chi connectivity index (χ1n) is 14.3. The minimum absolute atomic E-state index is 0.0635. The summed E-state index contributed by atoms with van der Waals surface area (Å²) in [5.41, 5.74) is 21.3. The third-order valence-electron chi connectivity index (χ3n) is 6.33. The molecule has 18 nitrogen and oxygen atoms in total. The second-order valence-corrected chi connectivity index (χ2v) is 10.8. The zero-order valence-electron chi connectivity index (χ0n) is 25.9. The van der Waals surface area contributed by atoms with Crippen LogP contribution in [-0.2, 0) is 28.8 Å². The molecule has 0 saturated carbocycles. The Hall–Kier alpha value is -4.03. The van der Waals surface area contributed by atoms with Crippen molar-refractivity contribution < 1.29 is 39.0 Å². The van der Waals surface area contributed by atoms with Crippen LogP contribution in [0.3, 0.4) is 0 Å². The van der Waals surface area contributed by atoms with Crippen molar-refractivity contribution in [2.45, 2.75) is 95.1 Å². The first-order valence-corrected chi connectivity index (χ1v) is 14.3. The molecular weight excluding hydrogens is 580 g/mol. The number of hydrogen-bond acceptors (Lipinski definition) is 10. The second-order valence-electron chi connectivity index (χ2n) is 10.8. The molecule has 0 unspecified atom stereocenters. The van der Waals surface area contributed by atoms with Crippen LogP contribution in [-0.4, -0.2) is 120 Å². The first kappa shape index (κ1) is 40.0. The highest BCUT2D eigenvalue weighted by Gasteiger charge is 2.33. The van der Waals surface area contributed by atoms with Gasteiger partial charge in [-0.1, -0.05) is 0 Å². The molecule has 6 atom stereocenters. The maximum Gasteiger partial charge on any atom is 0.326 e. The van der Waals surface area contributed by atoms with E-state index in [2.05, 4.69) is 26.3 Å². The Balaban J connectivity index is 5.86. The number of aliphatic carboxylic acids is 1. The second kappa shape index (κ2) is 20.8. The number of hydrogen-bond donors (Lipinski definition) is 10. The Kier molecular flexibility index (Phi) is 18.9. The van der Waals surface area contributed by atoms with E-state index in [4.69, 9.17) is 22.9 Å². The average Bonchev–Trinajstić information content (AvgIpc) is 2.91. The predicted molar refractivity (Wildman–Crippen MR) is 161 cm³/mol. The predicted octanol–water partition coefficient (Wildman–Crippen LogP) is -4.21. The van der Waals surface area contributed by atoms with Crippen LogP contribution < -0.4 is 44.2 Å². The fourth-order valence-corrected chi connectivity index (χ4v) is 3.86. The zero-order chi connectivity index (χ0) is 34.0. The van der Waals surface area contributed by atoms with Gasteiger partial charge in [-0.05, 0) is 73.0 Å². The number of aliphatic hydroxyl groups excluding tert-OH is 1. The third kappa shape index (κ3) is 17.2. The van der Waals surface area contributed by atoms with Gasteiger partial charge in [0.15, 0.2) is 5.96 Å². The molecule has 0 aromatic rings. The van der Waals surface area contributed by atoms with E-state index in [9.17, 15) is 39.0 Å².